The molecule has 0 spiro atoms. The second-order valence-electron chi connectivity index (χ2n) is 9.45. The topological polar surface area (TPSA) is 57.5 Å². The lowest BCUT2D eigenvalue weighted by Gasteiger charge is -2.30. The molecule has 0 unspecified atom stereocenters. The van der Waals surface area contributed by atoms with E-state index in [1.165, 1.54) is 32.1 Å². The molecular formula is C23H38O3S. The van der Waals surface area contributed by atoms with Crippen molar-refractivity contribution >= 4 is 17.7 Å². The van der Waals surface area contributed by atoms with E-state index in [0.717, 1.165) is 22.6 Å². The number of unbranched alkanes of at least 4 members (excludes halogenated alkanes) is 5. The van der Waals surface area contributed by atoms with Crippen LogP contribution >= 0.6 is 11.8 Å². The number of hydrogen-bond donors (Lipinski definition) is 2. The summed E-state index contributed by atoms with van der Waals surface area (Å²) in [4.78, 5) is 12.7. The van der Waals surface area contributed by atoms with E-state index in [4.69, 9.17) is 0 Å². The lowest BCUT2D eigenvalue weighted by molar-refractivity contribution is 0.0692. The molecule has 0 heterocycles. The molecule has 0 amide bonds. The second-order valence-corrected chi connectivity index (χ2v) is 10.6. The van der Waals surface area contributed by atoms with Crippen molar-refractivity contribution in [2.75, 3.05) is 5.75 Å². The van der Waals surface area contributed by atoms with Gasteiger partial charge in [0.15, 0.2) is 0 Å². The van der Waals surface area contributed by atoms with Crippen LogP contribution in [0.2, 0.25) is 0 Å². The first-order valence-electron chi connectivity index (χ1n) is 10.2. The number of carboxylic acids is 1. The van der Waals surface area contributed by atoms with Gasteiger partial charge >= 0.3 is 5.97 Å². The van der Waals surface area contributed by atoms with Gasteiger partial charge in [-0.2, -0.15) is 0 Å². The quantitative estimate of drug-likeness (QED) is 0.345. The summed E-state index contributed by atoms with van der Waals surface area (Å²) >= 11 is 1.59. The SMILES string of the molecule is CCCCCCCCSc1c(C(=O)O)cc(C(C)(C)C)c(O)c1C(C)(C)C. The van der Waals surface area contributed by atoms with E-state index in [2.05, 4.69) is 6.92 Å². The molecule has 3 nitrogen and oxygen atoms in total. The van der Waals surface area contributed by atoms with E-state index in [-0.39, 0.29) is 16.6 Å². The van der Waals surface area contributed by atoms with E-state index in [1.807, 2.05) is 41.5 Å². The molecule has 0 aliphatic rings. The van der Waals surface area contributed by atoms with Gasteiger partial charge in [0.25, 0.3) is 0 Å². The highest BCUT2D eigenvalue weighted by Gasteiger charge is 2.32. The van der Waals surface area contributed by atoms with E-state index in [9.17, 15) is 15.0 Å². The van der Waals surface area contributed by atoms with Crippen LogP contribution in [0, 0.1) is 0 Å². The third-order valence-electron chi connectivity index (χ3n) is 4.78. The third-order valence-corrected chi connectivity index (χ3v) is 5.99. The van der Waals surface area contributed by atoms with Gasteiger partial charge in [0.2, 0.25) is 0 Å². The number of aromatic hydroxyl groups is 1. The molecule has 2 N–H and O–H groups in total. The lowest BCUT2D eigenvalue weighted by atomic mass is 9.78. The first-order valence-corrected chi connectivity index (χ1v) is 11.2. The van der Waals surface area contributed by atoms with Gasteiger partial charge < -0.3 is 10.2 Å². The average molecular weight is 395 g/mol. The van der Waals surface area contributed by atoms with Crippen LogP contribution in [0.1, 0.15) is 108 Å². The zero-order valence-electron chi connectivity index (χ0n) is 18.2. The number of carboxylic acid groups (broad SMARTS) is 1. The predicted octanol–water partition coefficient (Wildman–Crippen LogP) is 7.14. The average Bonchev–Trinajstić information content (AvgIpc) is 2.51. The molecule has 4 heteroatoms. The van der Waals surface area contributed by atoms with Crippen molar-refractivity contribution in [3.8, 4) is 5.75 Å². The summed E-state index contributed by atoms with van der Waals surface area (Å²) in [5.41, 5.74) is 1.13. The molecular weight excluding hydrogens is 356 g/mol. The molecule has 154 valence electrons. The summed E-state index contributed by atoms with van der Waals surface area (Å²) in [6.45, 7) is 14.3. The molecule has 1 aromatic carbocycles. The van der Waals surface area contributed by atoms with Crippen molar-refractivity contribution in [2.24, 2.45) is 0 Å². The summed E-state index contributed by atoms with van der Waals surface area (Å²) < 4.78 is 0. The van der Waals surface area contributed by atoms with Crippen molar-refractivity contribution in [1.29, 1.82) is 0 Å². The number of rotatable bonds is 9. The Kier molecular flexibility index (Phi) is 8.72. The first kappa shape index (κ1) is 23.9. The summed E-state index contributed by atoms with van der Waals surface area (Å²) in [7, 11) is 0. The Morgan fingerprint density at radius 1 is 0.963 bits per heavy atom. The number of thioether (sulfide) groups is 1. The predicted molar refractivity (Wildman–Crippen MR) is 117 cm³/mol. The molecule has 0 aromatic heterocycles. The number of benzene rings is 1. The van der Waals surface area contributed by atoms with Crippen LogP contribution in [0.5, 0.6) is 5.75 Å². The maximum atomic E-state index is 12.0. The Labute approximate surface area is 170 Å². The molecule has 0 aliphatic carbocycles. The van der Waals surface area contributed by atoms with Crippen molar-refractivity contribution < 1.29 is 15.0 Å². The molecule has 0 saturated heterocycles. The zero-order valence-corrected chi connectivity index (χ0v) is 19.1. The standard InChI is InChI=1S/C23H38O3S/c1-8-9-10-11-12-13-14-27-20-16(21(25)26)15-17(22(2,3)4)19(24)18(20)23(5,6)7/h15,24H,8-14H2,1-7H3,(H,25,26). The molecule has 0 radical (unpaired) electrons. The van der Waals surface area contributed by atoms with Crippen LogP contribution in [-0.4, -0.2) is 21.9 Å². The molecule has 27 heavy (non-hydrogen) atoms. The Morgan fingerprint density at radius 2 is 1.52 bits per heavy atom. The maximum Gasteiger partial charge on any atom is 0.336 e. The minimum Gasteiger partial charge on any atom is -0.507 e. The number of phenols is 1. The van der Waals surface area contributed by atoms with Crippen LogP contribution < -0.4 is 0 Å². The van der Waals surface area contributed by atoms with E-state index in [0.29, 0.717) is 11.1 Å². The molecule has 1 rings (SSSR count). The summed E-state index contributed by atoms with van der Waals surface area (Å²) in [5.74, 6) is 0.214. The lowest BCUT2D eigenvalue weighted by Crippen LogP contribution is -2.20. The maximum absolute atomic E-state index is 12.0. The normalized spacial score (nSPS) is 12.4. The van der Waals surface area contributed by atoms with Crippen molar-refractivity contribution in [1.82, 2.24) is 0 Å². The fourth-order valence-electron chi connectivity index (χ4n) is 3.29. The van der Waals surface area contributed by atoms with Gasteiger partial charge in [-0.05, 0) is 29.1 Å². The third kappa shape index (κ3) is 6.74. The zero-order chi connectivity index (χ0) is 20.8. The molecule has 0 atom stereocenters. The number of phenolic OH excluding ortho intramolecular Hbond substituents is 1. The van der Waals surface area contributed by atoms with E-state index in [1.54, 1.807) is 17.8 Å². The van der Waals surface area contributed by atoms with Crippen LogP contribution in [-0.2, 0) is 10.8 Å². The molecule has 0 fully saturated rings. The van der Waals surface area contributed by atoms with Crippen molar-refractivity contribution in [2.45, 2.75) is 103 Å². The van der Waals surface area contributed by atoms with Crippen LogP contribution in [0.15, 0.2) is 11.0 Å². The fraction of sp³-hybridized carbons (Fsp3) is 0.696. The number of hydrogen-bond acceptors (Lipinski definition) is 3. The van der Waals surface area contributed by atoms with Gasteiger partial charge in [0.05, 0.1) is 5.56 Å². The Bertz CT molecular complexity index is 636. The highest BCUT2D eigenvalue weighted by molar-refractivity contribution is 7.99. The highest BCUT2D eigenvalue weighted by Crippen LogP contribution is 2.46. The highest BCUT2D eigenvalue weighted by atomic mass is 32.2. The van der Waals surface area contributed by atoms with Gasteiger partial charge in [-0.25, -0.2) is 4.79 Å². The van der Waals surface area contributed by atoms with Gasteiger partial charge in [-0.3, -0.25) is 0 Å². The summed E-state index contributed by atoms with van der Waals surface area (Å²) in [6, 6.07) is 1.68. The smallest absolute Gasteiger partial charge is 0.336 e. The van der Waals surface area contributed by atoms with Crippen LogP contribution in [0.4, 0.5) is 0 Å². The second kappa shape index (κ2) is 9.86. The first-order chi connectivity index (χ1) is 12.4. The summed E-state index contributed by atoms with van der Waals surface area (Å²) in [6.07, 6.45) is 7.28. The van der Waals surface area contributed by atoms with E-state index >= 15 is 0 Å². The monoisotopic (exact) mass is 394 g/mol. The van der Waals surface area contributed by atoms with Gasteiger partial charge in [-0.1, -0.05) is 80.6 Å². The van der Waals surface area contributed by atoms with Gasteiger partial charge in [0, 0.05) is 16.0 Å². The fourth-order valence-corrected chi connectivity index (χ4v) is 4.69. The van der Waals surface area contributed by atoms with Crippen molar-refractivity contribution in [3.05, 3.63) is 22.8 Å². The Hall–Kier alpha value is -1.16. The van der Waals surface area contributed by atoms with Crippen LogP contribution in [0.25, 0.3) is 0 Å². The molecule has 1 aromatic rings. The Balaban J connectivity index is 3.21. The number of aromatic carboxylic acids is 1. The van der Waals surface area contributed by atoms with Gasteiger partial charge in [-0.15, -0.1) is 11.8 Å². The van der Waals surface area contributed by atoms with Crippen LogP contribution in [0.3, 0.4) is 0 Å². The molecule has 0 bridgehead atoms. The van der Waals surface area contributed by atoms with Crippen molar-refractivity contribution in [3.63, 3.8) is 0 Å². The molecule has 0 saturated carbocycles. The molecule has 0 aliphatic heterocycles. The summed E-state index contributed by atoms with van der Waals surface area (Å²) in [5, 5.41) is 20.9. The minimum absolute atomic E-state index is 0.255. The van der Waals surface area contributed by atoms with E-state index < -0.39 is 5.97 Å². The Morgan fingerprint density at radius 3 is 2.00 bits per heavy atom. The minimum atomic E-state index is -0.920. The number of carbonyl (C=O) groups is 1. The largest absolute Gasteiger partial charge is 0.507 e. The van der Waals surface area contributed by atoms with Gasteiger partial charge in [0.1, 0.15) is 5.75 Å².